The highest BCUT2D eigenvalue weighted by Crippen LogP contribution is 2.16. The molecule has 3 heterocycles. The molecule has 0 unspecified atom stereocenters. The molecule has 1 N–H and O–H groups in total. The fourth-order valence-corrected chi connectivity index (χ4v) is 2.12. The van der Waals surface area contributed by atoms with Crippen LogP contribution in [-0.2, 0) is 6.54 Å². The summed E-state index contributed by atoms with van der Waals surface area (Å²) in [6.45, 7) is 4.74. The van der Waals surface area contributed by atoms with Gasteiger partial charge in [-0.05, 0) is 18.1 Å². The summed E-state index contributed by atoms with van der Waals surface area (Å²) in [4.78, 5) is 27.6. The van der Waals surface area contributed by atoms with Gasteiger partial charge in [-0.2, -0.15) is 0 Å². The summed E-state index contributed by atoms with van der Waals surface area (Å²) in [7, 11) is 0. The standard InChI is InChI=1S/C14H15N5O/c1-9(2)8-19-13-12(18-14(19)20)17-11(7-16-13)10-4-3-5-15-6-10/h3-7,9H,8H2,1-2H3,(H,17,18,20). The second-order valence-electron chi connectivity index (χ2n) is 5.10. The lowest BCUT2D eigenvalue weighted by Gasteiger charge is -2.05. The van der Waals surface area contributed by atoms with Crippen molar-refractivity contribution in [3.8, 4) is 11.3 Å². The van der Waals surface area contributed by atoms with Crippen molar-refractivity contribution in [1.82, 2.24) is 24.5 Å². The largest absolute Gasteiger partial charge is 0.328 e. The third-order valence-electron chi connectivity index (χ3n) is 2.98. The van der Waals surface area contributed by atoms with Gasteiger partial charge in [0.25, 0.3) is 0 Å². The Balaban J connectivity index is 2.12. The van der Waals surface area contributed by atoms with Crippen LogP contribution in [0.15, 0.2) is 35.5 Å². The Morgan fingerprint density at radius 2 is 2.20 bits per heavy atom. The van der Waals surface area contributed by atoms with Gasteiger partial charge in [0, 0.05) is 24.5 Å². The van der Waals surface area contributed by atoms with Crippen LogP contribution in [0.3, 0.4) is 0 Å². The van der Waals surface area contributed by atoms with Gasteiger partial charge in [0.1, 0.15) is 0 Å². The van der Waals surface area contributed by atoms with Gasteiger partial charge in [-0.15, -0.1) is 0 Å². The van der Waals surface area contributed by atoms with Gasteiger partial charge in [0.2, 0.25) is 0 Å². The van der Waals surface area contributed by atoms with Gasteiger partial charge in [-0.1, -0.05) is 13.8 Å². The highest BCUT2D eigenvalue weighted by molar-refractivity contribution is 5.70. The number of H-pyrrole nitrogens is 1. The summed E-state index contributed by atoms with van der Waals surface area (Å²) in [5.74, 6) is 0.367. The van der Waals surface area contributed by atoms with Crippen molar-refractivity contribution in [2.45, 2.75) is 20.4 Å². The number of imidazole rings is 1. The molecule has 3 rings (SSSR count). The second kappa shape index (κ2) is 4.88. The normalized spacial score (nSPS) is 11.3. The first-order chi connectivity index (χ1) is 9.65. The average Bonchev–Trinajstić information content (AvgIpc) is 2.75. The number of rotatable bonds is 3. The van der Waals surface area contributed by atoms with E-state index in [1.807, 2.05) is 12.1 Å². The van der Waals surface area contributed by atoms with Crippen molar-refractivity contribution in [2.75, 3.05) is 0 Å². The minimum Gasteiger partial charge on any atom is -0.289 e. The summed E-state index contributed by atoms with van der Waals surface area (Å²) < 4.78 is 1.63. The van der Waals surface area contributed by atoms with Crippen LogP contribution in [0.5, 0.6) is 0 Å². The van der Waals surface area contributed by atoms with Gasteiger partial charge < -0.3 is 0 Å². The van der Waals surface area contributed by atoms with Crippen LogP contribution in [0.2, 0.25) is 0 Å². The smallest absolute Gasteiger partial charge is 0.289 e. The molecule has 0 radical (unpaired) electrons. The summed E-state index contributed by atoms with van der Waals surface area (Å²) >= 11 is 0. The number of hydrogen-bond donors (Lipinski definition) is 1. The van der Waals surface area contributed by atoms with E-state index in [2.05, 4.69) is 33.8 Å². The number of hydrogen-bond acceptors (Lipinski definition) is 4. The van der Waals surface area contributed by atoms with Gasteiger partial charge in [0.15, 0.2) is 11.3 Å². The molecule has 6 nitrogen and oxygen atoms in total. The Morgan fingerprint density at radius 3 is 2.90 bits per heavy atom. The first-order valence-corrected chi connectivity index (χ1v) is 6.51. The molecule has 0 bridgehead atoms. The molecular formula is C14H15N5O. The van der Waals surface area contributed by atoms with Crippen LogP contribution in [0, 0.1) is 5.92 Å². The lowest BCUT2D eigenvalue weighted by molar-refractivity contribution is 0.520. The molecule has 0 spiro atoms. The monoisotopic (exact) mass is 269 g/mol. The van der Waals surface area contributed by atoms with Crippen molar-refractivity contribution in [1.29, 1.82) is 0 Å². The first kappa shape index (κ1) is 12.5. The number of nitrogens with one attached hydrogen (secondary N) is 1. The molecule has 0 aromatic carbocycles. The average molecular weight is 269 g/mol. The van der Waals surface area contributed by atoms with Crippen LogP contribution in [0.4, 0.5) is 0 Å². The molecule has 0 atom stereocenters. The molecule has 0 saturated heterocycles. The molecule has 0 amide bonds. The third-order valence-corrected chi connectivity index (χ3v) is 2.98. The summed E-state index contributed by atoms with van der Waals surface area (Å²) in [6, 6.07) is 3.75. The molecule has 3 aromatic heterocycles. The number of fused-ring (bicyclic) bond motifs is 1. The topological polar surface area (TPSA) is 76.5 Å². The van der Waals surface area contributed by atoms with E-state index in [1.54, 1.807) is 23.2 Å². The summed E-state index contributed by atoms with van der Waals surface area (Å²) in [5.41, 5.74) is 2.51. The van der Waals surface area contributed by atoms with Crippen LogP contribution < -0.4 is 5.69 Å². The van der Waals surface area contributed by atoms with Gasteiger partial charge >= 0.3 is 5.69 Å². The Morgan fingerprint density at radius 1 is 1.35 bits per heavy atom. The summed E-state index contributed by atoms with van der Waals surface area (Å²) in [5, 5.41) is 0. The fourth-order valence-electron chi connectivity index (χ4n) is 2.12. The summed E-state index contributed by atoms with van der Waals surface area (Å²) in [6.07, 6.45) is 5.10. The van der Waals surface area contributed by atoms with Crippen molar-refractivity contribution in [3.63, 3.8) is 0 Å². The van der Waals surface area contributed by atoms with Crippen molar-refractivity contribution in [3.05, 3.63) is 41.2 Å². The van der Waals surface area contributed by atoms with Gasteiger partial charge in [-0.25, -0.2) is 14.8 Å². The molecule has 0 aliphatic heterocycles. The van der Waals surface area contributed by atoms with Gasteiger partial charge in [0.05, 0.1) is 11.9 Å². The first-order valence-electron chi connectivity index (χ1n) is 6.51. The lowest BCUT2D eigenvalue weighted by atomic mass is 10.2. The van der Waals surface area contributed by atoms with Crippen LogP contribution >= 0.6 is 0 Å². The van der Waals surface area contributed by atoms with Crippen molar-refractivity contribution in [2.24, 2.45) is 5.92 Å². The molecule has 0 fully saturated rings. The van der Waals surface area contributed by atoms with E-state index < -0.39 is 0 Å². The van der Waals surface area contributed by atoms with Crippen LogP contribution in [-0.4, -0.2) is 24.5 Å². The predicted octanol–water partition coefficient (Wildman–Crippen LogP) is 1.84. The Kier molecular flexibility index (Phi) is 3.06. The fraction of sp³-hybridized carbons (Fsp3) is 0.286. The van der Waals surface area contributed by atoms with E-state index in [9.17, 15) is 4.79 Å². The van der Waals surface area contributed by atoms with E-state index >= 15 is 0 Å². The lowest BCUT2D eigenvalue weighted by Crippen LogP contribution is -2.19. The Hall–Kier alpha value is -2.50. The second-order valence-corrected chi connectivity index (χ2v) is 5.10. The van der Waals surface area contributed by atoms with E-state index in [4.69, 9.17) is 0 Å². The Bertz CT molecular complexity index is 788. The molecule has 0 aliphatic rings. The predicted molar refractivity (Wildman–Crippen MR) is 76.2 cm³/mol. The maximum absolute atomic E-state index is 11.9. The van der Waals surface area contributed by atoms with E-state index in [-0.39, 0.29) is 5.69 Å². The quantitative estimate of drug-likeness (QED) is 0.787. The highest BCUT2D eigenvalue weighted by atomic mass is 16.1. The third kappa shape index (κ3) is 2.20. The molecule has 3 aromatic rings. The minimum atomic E-state index is -0.169. The zero-order valence-electron chi connectivity index (χ0n) is 11.4. The molecule has 0 aliphatic carbocycles. The van der Waals surface area contributed by atoms with Crippen molar-refractivity contribution < 1.29 is 0 Å². The minimum absolute atomic E-state index is 0.169. The molecule has 0 saturated carbocycles. The van der Waals surface area contributed by atoms with E-state index in [0.29, 0.717) is 29.5 Å². The number of aromatic nitrogens is 5. The zero-order valence-corrected chi connectivity index (χ0v) is 11.4. The van der Waals surface area contributed by atoms with Crippen LogP contribution in [0.25, 0.3) is 22.6 Å². The molecule has 102 valence electrons. The van der Waals surface area contributed by atoms with Crippen molar-refractivity contribution >= 4 is 11.3 Å². The number of nitrogens with zero attached hydrogens (tertiary/aromatic N) is 4. The van der Waals surface area contributed by atoms with E-state index in [1.165, 1.54) is 0 Å². The maximum atomic E-state index is 11.9. The molecule has 6 heteroatoms. The Labute approximate surface area is 115 Å². The zero-order chi connectivity index (χ0) is 14.1. The SMILES string of the molecule is CC(C)Cn1c(=O)[nH]c2nc(-c3cccnc3)cnc21. The number of pyridine rings is 1. The molecular weight excluding hydrogens is 254 g/mol. The van der Waals surface area contributed by atoms with E-state index in [0.717, 1.165) is 5.56 Å². The molecule has 20 heavy (non-hydrogen) atoms. The maximum Gasteiger partial charge on any atom is 0.328 e. The highest BCUT2D eigenvalue weighted by Gasteiger charge is 2.11. The number of aromatic amines is 1. The van der Waals surface area contributed by atoms with Gasteiger partial charge in [-0.3, -0.25) is 14.5 Å². The van der Waals surface area contributed by atoms with Crippen LogP contribution in [0.1, 0.15) is 13.8 Å².